The molecule has 0 amide bonds. The van der Waals surface area contributed by atoms with Gasteiger partial charge in [-0.15, -0.1) is 0 Å². The summed E-state index contributed by atoms with van der Waals surface area (Å²) in [6.07, 6.45) is 18.3. The van der Waals surface area contributed by atoms with Gasteiger partial charge in [-0.05, 0) is 30.2 Å². The number of ether oxygens (including phenoxy) is 1. The Morgan fingerprint density at radius 1 is 1.22 bits per heavy atom. The van der Waals surface area contributed by atoms with Crippen molar-refractivity contribution in [3.8, 4) is 0 Å². The number of carbonyl (C=O) groups excluding carboxylic acids is 1. The highest BCUT2D eigenvalue weighted by atomic mass is 16.5. The van der Waals surface area contributed by atoms with Crippen molar-refractivity contribution in [2.45, 2.75) is 6.42 Å². The Hall–Kier alpha value is -2.09. The molecule has 1 spiro atoms. The maximum Gasteiger partial charge on any atom is 0.183 e. The van der Waals surface area contributed by atoms with E-state index in [1.165, 1.54) is 0 Å². The fraction of sp³-hybridized carbons (Fsp3) is 0.188. The number of carbonyl (C=O) groups is 1. The predicted octanol–water partition coefficient (Wildman–Crippen LogP) is 3.02. The number of rotatable bonds is 1. The molecule has 0 saturated heterocycles. The van der Waals surface area contributed by atoms with Crippen molar-refractivity contribution in [1.82, 2.24) is 0 Å². The third-order valence-corrected chi connectivity index (χ3v) is 3.70. The minimum Gasteiger partial charge on any atom is -0.497 e. The number of ketones is 1. The van der Waals surface area contributed by atoms with E-state index in [-0.39, 0.29) is 11.2 Å². The van der Waals surface area contributed by atoms with Gasteiger partial charge in [0.2, 0.25) is 0 Å². The van der Waals surface area contributed by atoms with Crippen LogP contribution in [-0.2, 0) is 9.53 Å². The molecule has 0 aliphatic heterocycles. The zero-order valence-corrected chi connectivity index (χ0v) is 10.2. The van der Waals surface area contributed by atoms with Gasteiger partial charge >= 0.3 is 0 Å². The summed E-state index contributed by atoms with van der Waals surface area (Å²) in [4.78, 5) is 12.2. The summed E-state index contributed by atoms with van der Waals surface area (Å²) < 4.78 is 5.25. The number of allylic oxidation sites excluding steroid dienone is 11. The lowest BCUT2D eigenvalue weighted by Crippen LogP contribution is -2.29. The first kappa shape index (κ1) is 11.0. The van der Waals surface area contributed by atoms with Crippen molar-refractivity contribution < 1.29 is 9.53 Å². The van der Waals surface area contributed by atoms with Crippen molar-refractivity contribution in [3.05, 3.63) is 71.6 Å². The normalized spacial score (nSPS) is 28.7. The van der Waals surface area contributed by atoms with E-state index in [2.05, 4.69) is 12.2 Å². The topological polar surface area (TPSA) is 26.3 Å². The Morgan fingerprint density at radius 2 is 2.11 bits per heavy atom. The van der Waals surface area contributed by atoms with Crippen molar-refractivity contribution in [2.24, 2.45) is 5.41 Å². The maximum absolute atomic E-state index is 12.2. The summed E-state index contributed by atoms with van der Waals surface area (Å²) in [6, 6.07) is 0. The standard InChI is InChI=1S/C16H14O2/c1-18-13-8-10-16-9-3-2-5-12(16)6-4-7-15(17)14(16)11-13/h2-9,11H,10H2,1H3. The molecule has 0 fully saturated rings. The molecule has 18 heavy (non-hydrogen) atoms. The second kappa shape index (κ2) is 3.98. The van der Waals surface area contributed by atoms with Gasteiger partial charge in [0.15, 0.2) is 5.78 Å². The molecule has 1 unspecified atom stereocenters. The van der Waals surface area contributed by atoms with Gasteiger partial charge in [-0.1, -0.05) is 36.5 Å². The SMILES string of the molecule is COC1=CCC23C=CC=CC2=CC=CC(=O)C3=C1. The Labute approximate surface area is 106 Å². The fourth-order valence-corrected chi connectivity index (χ4v) is 2.72. The third kappa shape index (κ3) is 1.46. The van der Waals surface area contributed by atoms with Crippen LogP contribution in [-0.4, -0.2) is 12.9 Å². The van der Waals surface area contributed by atoms with Gasteiger partial charge in [-0.3, -0.25) is 4.79 Å². The Kier molecular flexibility index (Phi) is 2.44. The van der Waals surface area contributed by atoms with Crippen LogP contribution in [0.4, 0.5) is 0 Å². The zero-order chi connectivity index (χ0) is 12.6. The molecule has 2 nitrogen and oxygen atoms in total. The summed E-state index contributed by atoms with van der Waals surface area (Å²) in [5.41, 5.74) is 1.64. The second-order valence-corrected chi connectivity index (χ2v) is 4.61. The molecule has 3 aliphatic carbocycles. The van der Waals surface area contributed by atoms with E-state index in [1.54, 1.807) is 13.2 Å². The number of methoxy groups -OCH3 is 1. The first-order chi connectivity index (χ1) is 8.76. The van der Waals surface area contributed by atoms with E-state index in [1.807, 2.05) is 36.5 Å². The molecule has 2 heteroatoms. The molecule has 0 aromatic heterocycles. The van der Waals surface area contributed by atoms with Crippen LogP contribution in [0.5, 0.6) is 0 Å². The van der Waals surface area contributed by atoms with Crippen LogP contribution < -0.4 is 0 Å². The summed E-state index contributed by atoms with van der Waals surface area (Å²) >= 11 is 0. The molecular weight excluding hydrogens is 224 g/mol. The highest BCUT2D eigenvalue weighted by Crippen LogP contribution is 2.47. The Balaban J connectivity index is 2.19. The average Bonchev–Trinajstić information content (AvgIpc) is 2.55. The van der Waals surface area contributed by atoms with Crippen molar-refractivity contribution in [1.29, 1.82) is 0 Å². The molecule has 0 bridgehead atoms. The average molecular weight is 238 g/mol. The van der Waals surface area contributed by atoms with Crippen LogP contribution in [0.3, 0.4) is 0 Å². The van der Waals surface area contributed by atoms with Gasteiger partial charge in [0.05, 0.1) is 7.11 Å². The maximum atomic E-state index is 12.2. The minimum absolute atomic E-state index is 0.0591. The van der Waals surface area contributed by atoms with Crippen molar-refractivity contribution >= 4 is 5.78 Å². The van der Waals surface area contributed by atoms with Crippen LogP contribution in [0.1, 0.15) is 6.42 Å². The molecule has 3 rings (SSSR count). The molecule has 0 saturated carbocycles. The molecule has 0 aromatic rings. The molecule has 0 aromatic carbocycles. The summed E-state index contributed by atoms with van der Waals surface area (Å²) in [5, 5.41) is 0. The van der Waals surface area contributed by atoms with Crippen LogP contribution in [0.15, 0.2) is 71.6 Å². The van der Waals surface area contributed by atoms with Crippen LogP contribution >= 0.6 is 0 Å². The molecule has 0 N–H and O–H groups in total. The smallest absolute Gasteiger partial charge is 0.183 e. The van der Waals surface area contributed by atoms with E-state index in [0.717, 1.165) is 23.3 Å². The minimum atomic E-state index is -0.308. The number of hydrogen-bond donors (Lipinski definition) is 0. The van der Waals surface area contributed by atoms with E-state index in [4.69, 9.17) is 4.74 Å². The third-order valence-electron chi connectivity index (χ3n) is 3.70. The quantitative estimate of drug-likeness (QED) is 0.702. The van der Waals surface area contributed by atoms with Crippen molar-refractivity contribution in [2.75, 3.05) is 7.11 Å². The van der Waals surface area contributed by atoms with Gasteiger partial charge in [-0.2, -0.15) is 0 Å². The lowest BCUT2D eigenvalue weighted by molar-refractivity contribution is -0.112. The first-order valence-corrected chi connectivity index (χ1v) is 6.02. The molecule has 3 aliphatic rings. The van der Waals surface area contributed by atoms with Gasteiger partial charge < -0.3 is 4.74 Å². The first-order valence-electron chi connectivity index (χ1n) is 6.02. The lowest BCUT2D eigenvalue weighted by Gasteiger charge is -2.36. The van der Waals surface area contributed by atoms with Gasteiger partial charge in [0, 0.05) is 11.0 Å². The second-order valence-electron chi connectivity index (χ2n) is 4.61. The Morgan fingerprint density at radius 3 is 2.94 bits per heavy atom. The van der Waals surface area contributed by atoms with Crippen LogP contribution in [0.2, 0.25) is 0 Å². The lowest BCUT2D eigenvalue weighted by atomic mass is 9.66. The van der Waals surface area contributed by atoms with Crippen molar-refractivity contribution in [3.63, 3.8) is 0 Å². The zero-order valence-electron chi connectivity index (χ0n) is 10.2. The summed E-state index contributed by atoms with van der Waals surface area (Å²) in [6.45, 7) is 0. The summed E-state index contributed by atoms with van der Waals surface area (Å²) in [7, 11) is 1.63. The Bertz CT molecular complexity index is 582. The van der Waals surface area contributed by atoms with E-state index < -0.39 is 0 Å². The highest BCUT2D eigenvalue weighted by molar-refractivity contribution is 6.07. The van der Waals surface area contributed by atoms with Gasteiger partial charge in [0.25, 0.3) is 0 Å². The fourth-order valence-electron chi connectivity index (χ4n) is 2.72. The van der Waals surface area contributed by atoms with Gasteiger partial charge in [-0.25, -0.2) is 0 Å². The van der Waals surface area contributed by atoms with E-state index >= 15 is 0 Å². The number of hydrogen-bond acceptors (Lipinski definition) is 2. The highest BCUT2D eigenvalue weighted by Gasteiger charge is 2.40. The molecule has 0 radical (unpaired) electrons. The monoisotopic (exact) mass is 238 g/mol. The molecule has 0 heterocycles. The molecule has 90 valence electrons. The van der Waals surface area contributed by atoms with E-state index in [0.29, 0.717) is 0 Å². The molecule has 1 atom stereocenters. The largest absolute Gasteiger partial charge is 0.497 e. The molecular formula is C16H14O2. The van der Waals surface area contributed by atoms with E-state index in [9.17, 15) is 4.79 Å². The van der Waals surface area contributed by atoms with Crippen LogP contribution in [0, 0.1) is 5.41 Å². The summed E-state index contributed by atoms with van der Waals surface area (Å²) in [5.74, 6) is 0.824. The van der Waals surface area contributed by atoms with Gasteiger partial charge in [0.1, 0.15) is 5.76 Å². The predicted molar refractivity (Wildman–Crippen MR) is 70.7 cm³/mol. The van der Waals surface area contributed by atoms with Crippen LogP contribution in [0.25, 0.3) is 0 Å².